The zero-order valence-electron chi connectivity index (χ0n) is 20.1. The van der Waals surface area contributed by atoms with E-state index in [9.17, 15) is 14.9 Å². The molecule has 0 radical (unpaired) electrons. The minimum atomic E-state index is -0.218. The average molecular weight is 473 g/mol. The highest BCUT2D eigenvalue weighted by Crippen LogP contribution is 2.34. The van der Waals surface area contributed by atoms with Gasteiger partial charge in [0.25, 0.3) is 11.8 Å². The molecule has 2 aromatic carbocycles. The van der Waals surface area contributed by atoms with Crippen LogP contribution in [0.3, 0.4) is 0 Å². The largest absolute Gasteiger partial charge is 0.483 e. The number of aromatic nitrogens is 3. The molecule has 9 nitrogen and oxygen atoms in total. The lowest BCUT2D eigenvalue weighted by molar-refractivity contribution is -0.132. The molecule has 2 aliphatic heterocycles. The van der Waals surface area contributed by atoms with Crippen LogP contribution < -0.4 is 4.74 Å². The first-order valence-electron chi connectivity index (χ1n) is 11.8. The van der Waals surface area contributed by atoms with Crippen molar-refractivity contribution in [3.63, 3.8) is 0 Å². The van der Waals surface area contributed by atoms with Crippen molar-refractivity contribution >= 4 is 22.8 Å². The predicted molar refractivity (Wildman–Crippen MR) is 129 cm³/mol. The summed E-state index contributed by atoms with van der Waals surface area (Å²) in [5, 5.41) is 19.9. The van der Waals surface area contributed by atoms with E-state index >= 15 is 0 Å². The van der Waals surface area contributed by atoms with Crippen LogP contribution in [-0.4, -0.2) is 69.8 Å². The smallest absolute Gasteiger partial charge is 0.260 e. The molecule has 1 aromatic heterocycles. The summed E-state index contributed by atoms with van der Waals surface area (Å²) in [4.78, 5) is 29.7. The molecule has 2 amide bonds. The number of rotatable bonds is 4. The molecule has 3 aromatic rings. The predicted octanol–water partition coefficient (Wildman–Crippen LogP) is 2.74. The van der Waals surface area contributed by atoms with Crippen molar-refractivity contribution in [2.45, 2.75) is 26.2 Å². The zero-order chi connectivity index (χ0) is 24.7. The van der Waals surface area contributed by atoms with Gasteiger partial charge in [-0.05, 0) is 41.8 Å². The van der Waals surface area contributed by atoms with Crippen LogP contribution in [-0.2, 0) is 10.2 Å². The summed E-state index contributed by atoms with van der Waals surface area (Å²) < 4.78 is 5.93. The number of aromatic amines is 1. The number of nitriles is 1. The summed E-state index contributed by atoms with van der Waals surface area (Å²) in [6, 6.07) is 12.8. The van der Waals surface area contributed by atoms with Gasteiger partial charge in [0, 0.05) is 49.1 Å². The first-order chi connectivity index (χ1) is 16.7. The van der Waals surface area contributed by atoms with Crippen molar-refractivity contribution in [1.29, 1.82) is 5.26 Å². The van der Waals surface area contributed by atoms with Crippen molar-refractivity contribution in [3.8, 4) is 11.8 Å². The Morgan fingerprint density at radius 3 is 2.40 bits per heavy atom. The molecule has 180 valence electrons. The first-order valence-corrected chi connectivity index (χ1v) is 11.8. The number of carbonyl (C=O) groups is 2. The number of H-pyrrole nitrogens is 1. The Balaban J connectivity index is 1.18. The summed E-state index contributed by atoms with van der Waals surface area (Å²) in [5.41, 5.74) is 3.26. The molecular formula is C26H28N6O3. The van der Waals surface area contributed by atoms with Crippen LogP contribution in [0.25, 0.3) is 11.0 Å². The lowest BCUT2D eigenvalue weighted by atomic mass is 9.85. The quantitative estimate of drug-likeness (QED) is 0.624. The van der Waals surface area contributed by atoms with Crippen LogP contribution in [0.1, 0.15) is 42.3 Å². The van der Waals surface area contributed by atoms with Crippen molar-refractivity contribution < 1.29 is 14.3 Å². The number of ether oxygens (including phenoxy) is 1. The third-order valence-corrected chi connectivity index (χ3v) is 6.96. The highest BCUT2D eigenvalue weighted by atomic mass is 16.5. The highest BCUT2D eigenvalue weighted by molar-refractivity contribution is 5.97. The van der Waals surface area contributed by atoms with Gasteiger partial charge in [-0.3, -0.25) is 9.59 Å². The molecule has 0 saturated carbocycles. The number of fused-ring (bicyclic) bond motifs is 2. The van der Waals surface area contributed by atoms with Crippen molar-refractivity contribution in [3.05, 3.63) is 53.1 Å². The zero-order valence-corrected chi connectivity index (χ0v) is 20.1. The van der Waals surface area contributed by atoms with Gasteiger partial charge in [-0.2, -0.15) is 20.7 Å². The van der Waals surface area contributed by atoms with E-state index in [2.05, 4.69) is 42.3 Å². The van der Waals surface area contributed by atoms with E-state index in [1.165, 1.54) is 0 Å². The van der Waals surface area contributed by atoms with Gasteiger partial charge in [0.2, 0.25) is 0 Å². The van der Waals surface area contributed by atoms with E-state index in [-0.39, 0.29) is 35.7 Å². The van der Waals surface area contributed by atoms with Gasteiger partial charge in [-0.25, -0.2) is 0 Å². The Labute approximate surface area is 203 Å². The number of benzene rings is 2. The molecule has 0 unspecified atom stereocenters. The molecule has 5 rings (SSSR count). The van der Waals surface area contributed by atoms with Gasteiger partial charge < -0.3 is 14.5 Å². The maximum Gasteiger partial charge on any atom is 0.260 e. The van der Waals surface area contributed by atoms with Gasteiger partial charge in [0.1, 0.15) is 16.8 Å². The molecular weight excluding hydrogens is 444 g/mol. The van der Waals surface area contributed by atoms with Crippen LogP contribution in [0.4, 0.5) is 0 Å². The SMILES string of the molecule is CC(C)(C)c1cc(C#N)ccc1OCC(=O)N1C[C@@H]2CN(C(=O)c3ccc4n[nH]nc4c3)C[C@H]2C1. The van der Waals surface area contributed by atoms with Gasteiger partial charge >= 0.3 is 0 Å². The first kappa shape index (κ1) is 22.8. The normalized spacial score (nSPS) is 19.6. The van der Waals surface area contributed by atoms with Gasteiger partial charge in [-0.1, -0.05) is 20.8 Å². The molecule has 35 heavy (non-hydrogen) atoms. The van der Waals surface area contributed by atoms with Gasteiger partial charge in [-0.15, -0.1) is 0 Å². The molecule has 2 atom stereocenters. The van der Waals surface area contributed by atoms with E-state index in [4.69, 9.17) is 4.74 Å². The van der Waals surface area contributed by atoms with Crippen LogP contribution in [0.5, 0.6) is 5.75 Å². The minimum absolute atomic E-state index is 0.0129. The van der Waals surface area contributed by atoms with Crippen LogP contribution in [0, 0.1) is 23.2 Å². The maximum atomic E-state index is 13.0. The number of likely N-dealkylation sites (tertiary alicyclic amines) is 2. The third-order valence-electron chi connectivity index (χ3n) is 6.96. The average Bonchev–Trinajstić information content (AvgIpc) is 3.55. The van der Waals surface area contributed by atoms with Crippen LogP contribution in [0.2, 0.25) is 0 Å². The number of hydrogen-bond donors (Lipinski definition) is 1. The Hall–Kier alpha value is -3.93. The molecule has 2 aliphatic rings. The monoisotopic (exact) mass is 472 g/mol. The highest BCUT2D eigenvalue weighted by Gasteiger charge is 2.43. The summed E-state index contributed by atoms with van der Waals surface area (Å²) in [5.74, 6) is 1.08. The lowest BCUT2D eigenvalue weighted by Gasteiger charge is -2.24. The second-order valence-corrected chi connectivity index (χ2v) is 10.4. The second-order valence-electron chi connectivity index (χ2n) is 10.4. The Kier molecular flexibility index (Phi) is 5.67. The molecule has 2 fully saturated rings. The second kappa shape index (κ2) is 8.69. The number of nitrogens with zero attached hydrogens (tertiary/aromatic N) is 5. The molecule has 2 saturated heterocycles. The Morgan fingerprint density at radius 2 is 1.71 bits per heavy atom. The van der Waals surface area contributed by atoms with Gasteiger partial charge in [0.15, 0.2) is 6.61 Å². The Morgan fingerprint density at radius 1 is 1.03 bits per heavy atom. The maximum absolute atomic E-state index is 13.0. The summed E-state index contributed by atoms with van der Waals surface area (Å²) in [7, 11) is 0. The van der Waals surface area contributed by atoms with E-state index in [0.29, 0.717) is 48.6 Å². The topological polar surface area (TPSA) is 115 Å². The fourth-order valence-corrected chi connectivity index (χ4v) is 5.06. The van der Waals surface area contributed by atoms with E-state index in [1.54, 1.807) is 30.3 Å². The summed E-state index contributed by atoms with van der Waals surface area (Å²) in [6.45, 7) is 8.62. The number of nitrogens with one attached hydrogen (secondary N) is 1. The van der Waals surface area contributed by atoms with Crippen molar-refractivity contribution in [2.24, 2.45) is 11.8 Å². The molecule has 3 heterocycles. The molecule has 0 aliphatic carbocycles. The number of amides is 2. The fraction of sp³-hybridized carbons (Fsp3) is 0.423. The lowest BCUT2D eigenvalue weighted by Crippen LogP contribution is -2.37. The Bertz CT molecular complexity index is 1320. The molecule has 9 heteroatoms. The number of hydrogen-bond acceptors (Lipinski definition) is 6. The standard InChI is InChI=1S/C26H28N6O3/c1-26(2,3)20-8-16(10-27)4-7-23(20)35-15-24(33)31-11-18-13-32(14-19(18)12-31)25(34)17-5-6-21-22(9-17)29-30-28-21/h4-9,18-19H,11-15H2,1-3H3,(H,28,29,30)/t18-,19-/m1/s1. The van der Waals surface area contributed by atoms with E-state index in [1.807, 2.05) is 15.9 Å². The molecule has 1 N–H and O–H groups in total. The molecule has 0 spiro atoms. The van der Waals surface area contributed by atoms with Crippen LogP contribution >= 0.6 is 0 Å². The minimum Gasteiger partial charge on any atom is -0.483 e. The number of carbonyl (C=O) groups excluding carboxylic acids is 2. The van der Waals surface area contributed by atoms with Gasteiger partial charge in [0.05, 0.1) is 11.6 Å². The van der Waals surface area contributed by atoms with Crippen LogP contribution in [0.15, 0.2) is 36.4 Å². The fourth-order valence-electron chi connectivity index (χ4n) is 5.06. The molecule has 0 bridgehead atoms. The van der Waals surface area contributed by atoms with Crippen molar-refractivity contribution in [2.75, 3.05) is 32.8 Å². The van der Waals surface area contributed by atoms with E-state index in [0.717, 1.165) is 11.1 Å². The summed E-state index contributed by atoms with van der Waals surface area (Å²) >= 11 is 0. The third kappa shape index (κ3) is 4.44. The van der Waals surface area contributed by atoms with E-state index < -0.39 is 0 Å². The van der Waals surface area contributed by atoms with Crippen molar-refractivity contribution in [1.82, 2.24) is 25.2 Å². The summed E-state index contributed by atoms with van der Waals surface area (Å²) in [6.07, 6.45) is 0.